The molecule has 4 aromatic rings. The van der Waals surface area contributed by atoms with E-state index in [4.69, 9.17) is 23.7 Å². The molecule has 5 aliphatic heterocycles. The van der Waals surface area contributed by atoms with Gasteiger partial charge in [-0.15, -0.1) is 0 Å². The molecule has 5 heterocycles. The van der Waals surface area contributed by atoms with E-state index in [1.165, 1.54) is 22.3 Å². The second-order valence-electron chi connectivity index (χ2n) is 12.1. The van der Waals surface area contributed by atoms with Gasteiger partial charge in [0.2, 0.25) is 5.75 Å². The maximum Gasteiger partial charge on any atom is 0.212 e. The monoisotopic (exact) mass is 576 g/mol. The van der Waals surface area contributed by atoms with Crippen LogP contribution in [-0.2, 0) is 25.7 Å². The lowest BCUT2D eigenvalue weighted by Crippen LogP contribution is -2.34. The van der Waals surface area contributed by atoms with Gasteiger partial charge in [0.25, 0.3) is 0 Å². The first-order chi connectivity index (χ1) is 21.0. The van der Waals surface area contributed by atoms with Gasteiger partial charge in [0.1, 0.15) is 5.75 Å². The van der Waals surface area contributed by atoms with Crippen LogP contribution in [0.4, 0.5) is 0 Å². The van der Waals surface area contributed by atoms with Gasteiger partial charge in [-0.25, -0.2) is 0 Å². The van der Waals surface area contributed by atoms with Crippen molar-refractivity contribution in [3.63, 3.8) is 0 Å². The number of methoxy groups -OCH3 is 2. The van der Waals surface area contributed by atoms with Gasteiger partial charge in [-0.05, 0) is 110 Å². The Kier molecular flexibility index (Phi) is 6.28. The van der Waals surface area contributed by atoms with Gasteiger partial charge in [-0.1, -0.05) is 18.2 Å². The third-order valence-corrected chi connectivity index (χ3v) is 9.64. The van der Waals surface area contributed by atoms with Crippen LogP contribution >= 0.6 is 0 Å². The van der Waals surface area contributed by atoms with Crippen LogP contribution in [-0.4, -0.2) is 51.2 Å². The van der Waals surface area contributed by atoms with Crippen LogP contribution in [0.1, 0.15) is 45.5 Å². The zero-order chi connectivity index (χ0) is 29.2. The lowest BCUT2D eigenvalue weighted by molar-refractivity contribution is 0.218. The van der Waals surface area contributed by atoms with Crippen molar-refractivity contribution in [2.45, 2.75) is 37.8 Å². The molecule has 4 aromatic carbocycles. The molecule has 0 spiro atoms. The van der Waals surface area contributed by atoms with Crippen molar-refractivity contribution in [3.05, 3.63) is 94.0 Å². The third kappa shape index (κ3) is 4.41. The zero-order valence-corrected chi connectivity index (χ0v) is 25.1. The van der Waals surface area contributed by atoms with Crippen LogP contribution in [0.5, 0.6) is 46.0 Å². The molecule has 9 rings (SSSR count). The van der Waals surface area contributed by atoms with Crippen LogP contribution in [0.2, 0.25) is 0 Å². The molecule has 0 amide bonds. The Morgan fingerprint density at radius 1 is 0.628 bits per heavy atom. The van der Waals surface area contributed by atoms with Crippen molar-refractivity contribution in [2.75, 3.05) is 41.4 Å². The Hall–Kier alpha value is -4.20. The first kappa shape index (κ1) is 26.4. The van der Waals surface area contributed by atoms with E-state index in [9.17, 15) is 0 Å². The number of likely N-dealkylation sites (N-methyl/N-ethyl adjacent to an activating group) is 2. The third-order valence-electron chi connectivity index (χ3n) is 9.64. The average Bonchev–Trinajstić information content (AvgIpc) is 3.02. The lowest BCUT2D eigenvalue weighted by atomic mass is 9.86. The summed E-state index contributed by atoms with van der Waals surface area (Å²) in [5, 5.41) is 0. The van der Waals surface area contributed by atoms with E-state index in [0.717, 1.165) is 72.9 Å². The van der Waals surface area contributed by atoms with Gasteiger partial charge in [-0.3, -0.25) is 9.80 Å². The Morgan fingerprint density at radius 3 is 2.09 bits per heavy atom. The highest BCUT2D eigenvalue weighted by Gasteiger charge is 2.37. The summed E-state index contributed by atoms with van der Waals surface area (Å²) in [6.07, 6.45) is 3.53. The lowest BCUT2D eigenvalue weighted by Gasteiger charge is -2.39. The molecule has 7 nitrogen and oxygen atoms in total. The first-order valence-corrected chi connectivity index (χ1v) is 15.1. The average molecular weight is 577 g/mol. The van der Waals surface area contributed by atoms with Gasteiger partial charge in [0.15, 0.2) is 34.5 Å². The molecule has 5 aliphatic rings. The summed E-state index contributed by atoms with van der Waals surface area (Å²) in [7, 11) is 7.79. The summed E-state index contributed by atoms with van der Waals surface area (Å²) in [5.41, 5.74) is 7.41. The van der Waals surface area contributed by atoms with E-state index < -0.39 is 0 Å². The van der Waals surface area contributed by atoms with Crippen molar-refractivity contribution in [1.29, 1.82) is 0 Å². The van der Waals surface area contributed by atoms with Crippen molar-refractivity contribution in [2.24, 2.45) is 0 Å². The van der Waals surface area contributed by atoms with Crippen LogP contribution in [0.15, 0.2) is 60.7 Å². The minimum Gasteiger partial charge on any atom is -0.493 e. The number of hydrogen-bond acceptors (Lipinski definition) is 7. The highest BCUT2D eigenvalue weighted by molar-refractivity contribution is 5.67. The number of benzene rings is 4. The summed E-state index contributed by atoms with van der Waals surface area (Å²) in [6, 6.07) is 21.5. The number of nitrogens with zero attached hydrogens (tertiary/aromatic N) is 2. The minimum atomic E-state index is 0.0736. The number of hydrogen-bond donors (Lipinski definition) is 0. The maximum absolute atomic E-state index is 6.91. The van der Waals surface area contributed by atoms with Crippen molar-refractivity contribution in [1.82, 2.24) is 9.80 Å². The van der Waals surface area contributed by atoms with Gasteiger partial charge in [-0.2, -0.15) is 0 Å². The van der Waals surface area contributed by atoms with Crippen LogP contribution < -0.4 is 23.7 Å². The normalized spacial score (nSPS) is 20.4. The summed E-state index contributed by atoms with van der Waals surface area (Å²) in [6.45, 7) is 1.92. The predicted octanol–water partition coefficient (Wildman–Crippen LogP) is 7.25. The molecular weight excluding hydrogens is 540 g/mol. The van der Waals surface area contributed by atoms with Crippen LogP contribution in [0, 0.1) is 0 Å². The number of ether oxygens (including phenoxy) is 5. The summed E-state index contributed by atoms with van der Waals surface area (Å²) < 4.78 is 31.6. The highest BCUT2D eigenvalue weighted by Crippen LogP contribution is 2.56. The van der Waals surface area contributed by atoms with E-state index in [1.807, 2.05) is 6.07 Å². The molecule has 7 bridgehead atoms. The second-order valence-corrected chi connectivity index (χ2v) is 12.1. The Bertz CT molecular complexity index is 1730. The standard InChI is InChI=1S/C36H36N2O5/c1-37-13-11-23-18-31-32-20-26(23)27(37)15-21-5-8-25(9-6-21)41-30-17-22(7-10-29(30)39-3)16-28-34-24(12-14-38(28)2)19-33(40-4)35(42-31)36(34)43-32/h5-10,17-20,27-28H,11-16H2,1-4H3/t27-,28-/m0/s1. The highest BCUT2D eigenvalue weighted by atomic mass is 16.6. The second kappa shape index (κ2) is 10.2. The fourth-order valence-corrected chi connectivity index (χ4v) is 7.21. The van der Waals surface area contributed by atoms with E-state index in [-0.39, 0.29) is 12.1 Å². The topological polar surface area (TPSA) is 52.6 Å². The summed E-state index contributed by atoms with van der Waals surface area (Å²) in [5.74, 6) is 5.87. The molecule has 0 aromatic heterocycles. The van der Waals surface area contributed by atoms with Crippen LogP contribution in [0.25, 0.3) is 0 Å². The van der Waals surface area contributed by atoms with Crippen molar-refractivity contribution < 1.29 is 23.7 Å². The molecule has 43 heavy (non-hydrogen) atoms. The Morgan fingerprint density at radius 2 is 1.30 bits per heavy atom. The van der Waals surface area contributed by atoms with Crippen LogP contribution in [0.3, 0.4) is 0 Å². The van der Waals surface area contributed by atoms with Crippen molar-refractivity contribution >= 4 is 0 Å². The van der Waals surface area contributed by atoms with Gasteiger partial charge >= 0.3 is 0 Å². The Labute approximate surface area is 252 Å². The molecular formula is C36H36N2O5. The molecule has 0 unspecified atom stereocenters. The molecule has 0 aliphatic carbocycles. The molecule has 2 atom stereocenters. The fraction of sp³-hybridized carbons (Fsp3) is 0.333. The number of rotatable bonds is 2. The molecule has 0 radical (unpaired) electrons. The molecule has 0 N–H and O–H groups in total. The number of fused-ring (bicyclic) bond motifs is 2. The SMILES string of the molecule is COc1ccc2cc1Oc1ccc(cc1)C[C@H]1c3cc4c(cc3CCN1C)Oc1c(OC)cc3c(c1O4)[C@H](C2)N(C)CC3. The molecule has 0 saturated carbocycles. The maximum atomic E-state index is 6.91. The molecule has 0 saturated heterocycles. The van der Waals surface area contributed by atoms with E-state index >= 15 is 0 Å². The molecule has 0 fully saturated rings. The quantitative estimate of drug-likeness (QED) is 0.219. The zero-order valence-electron chi connectivity index (χ0n) is 25.1. The molecule has 220 valence electrons. The summed E-state index contributed by atoms with van der Waals surface area (Å²) >= 11 is 0. The van der Waals surface area contributed by atoms with Gasteiger partial charge < -0.3 is 23.7 Å². The predicted molar refractivity (Wildman–Crippen MR) is 165 cm³/mol. The minimum absolute atomic E-state index is 0.0736. The first-order valence-electron chi connectivity index (χ1n) is 15.1. The largest absolute Gasteiger partial charge is 0.493 e. The Balaban J connectivity index is 1.34. The van der Waals surface area contributed by atoms with E-state index in [0.29, 0.717) is 23.0 Å². The van der Waals surface area contributed by atoms with E-state index in [2.05, 4.69) is 78.5 Å². The van der Waals surface area contributed by atoms with Gasteiger partial charge in [0, 0.05) is 30.7 Å². The fourth-order valence-electron chi connectivity index (χ4n) is 7.21. The van der Waals surface area contributed by atoms with Gasteiger partial charge in [0.05, 0.1) is 14.2 Å². The molecule has 7 heteroatoms. The van der Waals surface area contributed by atoms with E-state index in [1.54, 1.807) is 14.2 Å². The summed E-state index contributed by atoms with van der Waals surface area (Å²) in [4.78, 5) is 4.86. The van der Waals surface area contributed by atoms with Crippen molar-refractivity contribution in [3.8, 4) is 46.0 Å². The smallest absolute Gasteiger partial charge is 0.212 e.